The summed E-state index contributed by atoms with van der Waals surface area (Å²) < 4.78 is 32.5. The van der Waals surface area contributed by atoms with Gasteiger partial charge in [-0.3, -0.25) is 0 Å². The van der Waals surface area contributed by atoms with E-state index in [0.29, 0.717) is 11.3 Å². The van der Waals surface area contributed by atoms with Crippen LogP contribution < -0.4 is 9.46 Å². The average molecular weight is 341 g/mol. The molecule has 0 radical (unpaired) electrons. The standard InChI is InChI=1S/C15H19NO4S2/c1-10-6-14(20-3)15(7-11(10)2)22(18,19)16-8-13(17)12-4-5-21-9-12/h4-7,9,13,16-17H,8H2,1-3H3. The molecule has 0 fully saturated rings. The molecule has 0 aliphatic carbocycles. The van der Waals surface area contributed by atoms with Gasteiger partial charge in [0.2, 0.25) is 10.0 Å². The van der Waals surface area contributed by atoms with E-state index < -0.39 is 16.1 Å². The Kier molecular flexibility index (Phi) is 5.23. The lowest BCUT2D eigenvalue weighted by Crippen LogP contribution is -2.28. The fraction of sp³-hybridized carbons (Fsp3) is 0.333. The van der Waals surface area contributed by atoms with E-state index in [-0.39, 0.29) is 11.4 Å². The van der Waals surface area contributed by atoms with Crippen molar-refractivity contribution in [3.8, 4) is 5.75 Å². The smallest absolute Gasteiger partial charge is 0.244 e. The zero-order chi connectivity index (χ0) is 16.3. The molecule has 1 unspecified atom stereocenters. The molecule has 5 nitrogen and oxygen atoms in total. The van der Waals surface area contributed by atoms with E-state index in [9.17, 15) is 13.5 Å². The van der Waals surface area contributed by atoms with Crippen molar-refractivity contribution in [3.05, 3.63) is 45.6 Å². The topological polar surface area (TPSA) is 75.6 Å². The molecule has 0 saturated heterocycles. The second kappa shape index (κ2) is 6.78. The van der Waals surface area contributed by atoms with Crippen molar-refractivity contribution in [1.29, 1.82) is 0 Å². The number of aliphatic hydroxyl groups is 1. The van der Waals surface area contributed by atoms with Crippen LogP contribution in [-0.2, 0) is 10.0 Å². The Labute approximate surface area is 134 Å². The van der Waals surface area contributed by atoms with Crippen LogP contribution in [0.1, 0.15) is 22.8 Å². The maximum absolute atomic E-state index is 12.4. The summed E-state index contributed by atoms with van der Waals surface area (Å²) in [5.74, 6) is 0.292. The minimum absolute atomic E-state index is 0.0793. The van der Waals surface area contributed by atoms with E-state index >= 15 is 0 Å². The molecule has 0 bridgehead atoms. The molecule has 2 N–H and O–H groups in total. The lowest BCUT2D eigenvalue weighted by atomic mass is 10.1. The molecule has 0 aliphatic rings. The highest BCUT2D eigenvalue weighted by Crippen LogP contribution is 2.27. The predicted octanol–water partition coefficient (Wildman–Crippen LogP) is 2.39. The van der Waals surface area contributed by atoms with Gasteiger partial charge < -0.3 is 9.84 Å². The van der Waals surface area contributed by atoms with Crippen molar-refractivity contribution in [2.75, 3.05) is 13.7 Å². The van der Waals surface area contributed by atoms with Gasteiger partial charge in [0, 0.05) is 6.54 Å². The molecular weight excluding hydrogens is 322 g/mol. The van der Waals surface area contributed by atoms with E-state index in [4.69, 9.17) is 4.74 Å². The van der Waals surface area contributed by atoms with Gasteiger partial charge in [-0.25, -0.2) is 13.1 Å². The van der Waals surface area contributed by atoms with Crippen LogP contribution in [0, 0.1) is 13.8 Å². The molecular formula is C15H19NO4S2. The molecule has 1 atom stereocenters. The number of nitrogens with one attached hydrogen (secondary N) is 1. The zero-order valence-electron chi connectivity index (χ0n) is 12.7. The maximum atomic E-state index is 12.4. The van der Waals surface area contributed by atoms with Crippen LogP contribution in [-0.4, -0.2) is 27.2 Å². The van der Waals surface area contributed by atoms with E-state index in [2.05, 4.69) is 4.72 Å². The van der Waals surface area contributed by atoms with Crippen LogP contribution in [0.15, 0.2) is 33.9 Å². The number of thiophene rings is 1. The molecule has 0 spiro atoms. The highest BCUT2D eigenvalue weighted by Gasteiger charge is 2.22. The number of hydrogen-bond acceptors (Lipinski definition) is 5. The third-order valence-corrected chi connectivity index (χ3v) is 5.61. The summed E-state index contributed by atoms with van der Waals surface area (Å²) in [7, 11) is -2.33. The molecule has 120 valence electrons. The minimum atomic E-state index is -3.76. The minimum Gasteiger partial charge on any atom is -0.495 e. The first-order chi connectivity index (χ1) is 10.3. The average Bonchev–Trinajstić information content (AvgIpc) is 3.01. The van der Waals surface area contributed by atoms with Gasteiger partial charge in [-0.15, -0.1) is 0 Å². The fourth-order valence-electron chi connectivity index (χ4n) is 1.98. The van der Waals surface area contributed by atoms with Crippen molar-refractivity contribution in [3.63, 3.8) is 0 Å². The van der Waals surface area contributed by atoms with Gasteiger partial charge in [-0.05, 0) is 59.5 Å². The van der Waals surface area contributed by atoms with Crippen molar-refractivity contribution in [2.24, 2.45) is 0 Å². The van der Waals surface area contributed by atoms with Crippen molar-refractivity contribution < 1.29 is 18.3 Å². The largest absolute Gasteiger partial charge is 0.495 e. The first-order valence-electron chi connectivity index (χ1n) is 6.70. The van der Waals surface area contributed by atoms with Gasteiger partial charge >= 0.3 is 0 Å². The number of hydrogen-bond donors (Lipinski definition) is 2. The van der Waals surface area contributed by atoms with Crippen LogP contribution in [0.5, 0.6) is 5.75 Å². The van der Waals surface area contributed by atoms with Gasteiger partial charge in [0.15, 0.2) is 0 Å². The number of aliphatic hydroxyl groups excluding tert-OH is 1. The summed E-state index contributed by atoms with van der Waals surface area (Å²) in [6.07, 6.45) is -0.876. The van der Waals surface area contributed by atoms with E-state index in [1.165, 1.54) is 18.4 Å². The number of rotatable bonds is 6. The molecule has 2 aromatic rings. The molecule has 0 aliphatic heterocycles. The first kappa shape index (κ1) is 17.0. The second-order valence-corrected chi connectivity index (χ2v) is 7.53. The summed E-state index contributed by atoms with van der Waals surface area (Å²) in [6, 6.07) is 5.03. The Balaban J connectivity index is 2.22. The summed E-state index contributed by atoms with van der Waals surface area (Å²) in [5, 5.41) is 13.6. The lowest BCUT2D eigenvalue weighted by Gasteiger charge is -2.15. The van der Waals surface area contributed by atoms with Crippen LogP contribution in [0.25, 0.3) is 0 Å². The second-order valence-electron chi connectivity index (χ2n) is 5.01. The van der Waals surface area contributed by atoms with Gasteiger partial charge in [-0.2, -0.15) is 11.3 Å². The van der Waals surface area contributed by atoms with E-state index in [0.717, 1.165) is 11.1 Å². The number of sulfonamides is 1. The van der Waals surface area contributed by atoms with Crippen molar-refractivity contribution >= 4 is 21.4 Å². The maximum Gasteiger partial charge on any atom is 0.244 e. The Morgan fingerprint density at radius 3 is 2.59 bits per heavy atom. The lowest BCUT2D eigenvalue weighted by molar-refractivity contribution is 0.182. The highest BCUT2D eigenvalue weighted by molar-refractivity contribution is 7.89. The Morgan fingerprint density at radius 2 is 2.00 bits per heavy atom. The summed E-state index contributed by atoms with van der Waals surface area (Å²) >= 11 is 1.45. The van der Waals surface area contributed by atoms with Crippen molar-refractivity contribution in [1.82, 2.24) is 4.72 Å². The third-order valence-electron chi connectivity index (χ3n) is 3.46. The van der Waals surface area contributed by atoms with Gasteiger partial charge in [0.05, 0.1) is 13.2 Å². The van der Waals surface area contributed by atoms with Gasteiger partial charge in [-0.1, -0.05) is 0 Å². The SMILES string of the molecule is COc1cc(C)c(C)cc1S(=O)(=O)NCC(O)c1ccsc1. The van der Waals surface area contributed by atoms with Crippen molar-refractivity contribution in [2.45, 2.75) is 24.8 Å². The van der Waals surface area contributed by atoms with Crippen LogP contribution >= 0.6 is 11.3 Å². The summed E-state index contributed by atoms with van der Waals surface area (Å²) in [4.78, 5) is 0.0793. The molecule has 7 heteroatoms. The van der Waals surface area contributed by atoms with Crippen LogP contribution in [0.3, 0.4) is 0 Å². The predicted molar refractivity (Wildman–Crippen MR) is 86.9 cm³/mol. The number of ether oxygens (including phenoxy) is 1. The van der Waals surface area contributed by atoms with Crippen LogP contribution in [0.4, 0.5) is 0 Å². The van der Waals surface area contributed by atoms with Gasteiger partial charge in [0.1, 0.15) is 10.6 Å². The Morgan fingerprint density at radius 1 is 1.32 bits per heavy atom. The molecule has 1 aromatic carbocycles. The summed E-state index contributed by atoms with van der Waals surface area (Å²) in [6.45, 7) is 3.64. The summed E-state index contributed by atoms with van der Waals surface area (Å²) in [5.41, 5.74) is 2.51. The van der Waals surface area contributed by atoms with Gasteiger partial charge in [0.25, 0.3) is 0 Å². The molecule has 1 heterocycles. The molecule has 0 amide bonds. The Bertz CT molecular complexity index is 739. The monoisotopic (exact) mass is 341 g/mol. The Hall–Kier alpha value is -1.41. The molecule has 0 saturated carbocycles. The van der Waals surface area contributed by atoms with E-state index in [1.54, 1.807) is 23.6 Å². The molecule has 2 rings (SSSR count). The molecule has 1 aromatic heterocycles. The number of methoxy groups -OCH3 is 1. The third kappa shape index (κ3) is 3.67. The first-order valence-corrected chi connectivity index (χ1v) is 9.13. The highest BCUT2D eigenvalue weighted by atomic mass is 32.2. The zero-order valence-corrected chi connectivity index (χ0v) is 14.3. The number of benzene rings is 1. The molecule has 22 heavy (non-hydrogen) atoms. The van der Waals surface area contributed by atoms with Crippen LogP contribution in [0.2, 0.25) is 0 Å². The van der Waals surface area contributed by atoms with E-state index in [1.807, 2.05) is 19.2 Å². The normalized spacial score (nSPS) is 13.1. The quantitative estimate of drug-likeness (QED) is 0.846. The number of aryl methyl sites for hydroxylation is 2. The fourth-order valence-corrected chi connectivity index (χ4v) is 3.96.